The van der Waals surface area contributed by atoms with E-state index in [9.17, 15) is 14.7 Å². The average Bonchev–Trinajstić information content (AvgIpc) is 2.99. The van der Waals surface area contributed by atoms with Crippen LogP contribution in [0, 0.1) is 0 Å². The van der Waals surface area contributed by atoms with Gasteiger partial charge in [-0.1, -0.05) is 23.9 Å². The average molecular weight is 412 g/mol. The molecule has 1 unspecified atom stereocenters. The van der Waals surface area contributed by atoms with E-state index in [4.69, 9.17) is 10.5 Å². The van der Waals surface area contributed by atoms with Crippen molar-refractivity contribution in [1.82, 2.24) is 0 Å². The monoisotopic (exact) mass is 412 g/mol. The number of hydrogen-bond donors (Lipinski definition) is 2. The number of amidine groups is 1. The maximum Gasteiger partial charge on any atom is 0.248 e. The number of nitrogens with zero attached hydrogens (tertiary/aromatic N) is 3. The molecule has 1 fully saturated rings. The minimum atomic E-state index is -0.680. The Morgan fingerprint density at radius 1 is 1.17 bits per heavy atom. The summed E-state index contributed by atoms with van der Waals surface area (Å²) in [6, 6.07) is 13.3. The van der Waals surface area contributed by atoms with Crippen LogP contribution in [0.15, 0.2) is 58.7 Å². The maximum atomic E-state index is 12.8. The number of thioether (sulfide) groups is 1. The van der Waals surface area contributed by atoms with E-state index in [1.54, 1.807) is 55.5 Å². The van der Waals surface area contributed by atoms with Crippen molar-refractivity contribution in [3.8, 4) is 11.5 Å². The highest BCUT2D eigenvalue weighted by Gasteiger charge is 2.41. The molecule has 0 bridgehead atoms. The van der Waals surface area contributed by atoms with Gasteiger partial charge in [0.05, 0.1) is 18.5 Å². The number of nitrogens with two attached hydrogens (primary N) is 1. The lowest BCUT2D eigenvalue weighted by Crippen LogP contribution is -2.32. The first-order valence-corrected chi connectivity index (χ1v) is 9.62. The third kappa shape index (κ3) is 4.57. The van der Waals surface area contributed by atoms with E-state index in [0.29, 0.717) is 17.1 Å². The zero-order chi connectivity index (χ0) is 21.0. The lowest BCUT2D eigenvalue weighted by atomic mass is 10.1. The summed E-state index contributed by atoms with van der Waals surface area (Å²) in [7, 11) is 1.48. The van der Waals surface area contributed by atoms with Crippen LogP contribution in [-0.4, -0.2) is 40.2 Å². The molecule has 3 N–H and O–H groups in total. The molecule has 0 spiro atoms. The highest BCUT2D eigenvalue weighted by atomic mass is 32.2. The summed E-state index contributed by atoms with van der Waals surface area (Å²) in [5, 5.41) is 16.8. The summed E-state index contributed by atoms with van der Waals surface area (Å²) in [5.74, 6) is -0.102. The Hall–Kier alpha value is -3.33. The van der Waals surface area contributed by atoms with E-state index in [1.807, 2.05) is 0 Å². The van der Waals surface area contributed by atoms with Gasteiger partial charge in [0.1, 0.15) is 16.7 Å². The second-order valence-corrected chi connectivity index (χ2v) is 7.44. The van der Waals surface area contributed by atoms with Gasteiger partial charge in [0.2, 0.25) is 11.8 Å². The van der Waals surface area contributed by atoms with E-state index < -0.39 is 5.25 Å². The van der Waals surface area contributed by atoms with Gasteiger partial charge in [-0.25, -0.2) is 4.90 Å². The van der Waals surface area contributed by atoms with Crippen molar-refractivity contribution in [1.29, 1.82) is 0 Å². The summed E-state index contributed by atoms with van der Waals surface area (Å²) >= 11 is 0.998. The third-order valence-corrected chi connectivity index (χ3v) is 5.25. The van der Waals surface area contributed by atoms with Gasteiger partial charge in [-0.2, -0.15) is 5.10 Å². The van der Waals surface area contributed by atoms with Crippen molar-refractivity contribution in [3.05, 3.63) is 54.1 Å². The fourth-order valence-corrected chi connectivity index (χ4v) is 3.63. The molecule has 1 aliphatic heterocycles. The number of ether oxygens (including phenoxy) is 1. The quantitative estimate of drug-likeness (QED) is 0.337. The Morgan fingerprint density at radius 2 is 1.86 bits per heavy atom. The molecule has 8 nitrogen and oxygen atoms in total. The molecule has 1 saturated heterocycles. The Bertz CT molecular complexity index is 988. The predicted molar refractivity (Wildman–Crippen MR) is 113 cm³/mol. The molecule has 0 aliphatic carbocycles. The lowest BCUT2D eigenvalue weighted by Gasteiger charge is -2.17. The summed E-state index contributed by atoms with van der Waals surface area (Å²) in [6.45, 7) is 1.75. The molecule has 150 valence electrons. The normalized spacial score (nSPS) is 17.7. The molecule has 1 atom stereocenters. The highest BCUT2D eigenvalue weighted by molar-refractivity contribution is 8.14. The SMILES string of the molecule is COc1ccccc1N1C(=O)CC(SC(N)=NN=C(C)c2ccc(O)cc2)C1=O. The zero-order valence-corrected chi connectivity index (χ0v) is 16.7. The van der Waals surface area contributed by atoms with Gasteiger partial charge < -0.3 is 15.6 Å². The van der Waals surface area contributed by atoms with Crippen LogP contribution in [0.5, 0.6) is 11.5 Å². The zero-order valence-electron chi connectivity index (χ0n) is 15.9. The molecule has 0 aromatic heterocycles. The first-order valence-electron chi connectivity index (χ1n) is 8.74. The number of phenols is 1. The molecule has 1 aliphatic rings. The van der Waals surface area contributed by atoms with Crippen molar-refractivity contribution in [2.24, 2.45) is 15.9 Å². The fourth-order valence-electron chi connectivity index (χ4n) is 2.82. The van der Waals surface area contributed by atoms with Crippen molar-refractivity contribution < 1.29 is 19.4 Å². The minimum Gasteiger partial charge on any atom is -0.508 e. The predicted octanol–water partition coefficient (Wildman–Crippen LogP) is 2.50. The summed E-state index contributed by atoms with van der Waals surface area (Å²) < 4.78 is 5.25. The van der Waals surface area contributed by atoms with Crippen molar-refractivity contribution >= 4 is 40.1 Å². The van der Waals surface area contributed by atoms with Gasteiger partial charge in [0.15, 0.2) is 5.17 Å². The van der Waals surface area contributed by atoms with Gasteiger partial charge in [0, 0.05) is 6.42 Å². The van der Waals surface area contributed by atoms with Gasteiger partial charge in [-0.3, -0.25) is 9.59 Å². The van der Waals surface area contributed by atoms with E-state index in [2.05, 4.69) is 10.2 Å². The number of aromatic hydroxyl groups is 1. The second-order valence-electron chi connectivity index (χ2n) is 6.22. The number of hydrogen-bond acceptors (Lipinski definition) is 7. The number of amides is 2. The number of benzene rings is 2. The first kappa shape index (κ1) is 20.4. The van der Waals surface area contributed by atoms with E-state index in [-0.39, 0.29) is 29.2 Å². The van der Waals surface area contributed by atoms with Crippen LogP contribution in [0.1, 0.15) is 18.9 Å². The Kier molecular flexibility index (Phi) is 6.18. The number of imide groups is 1. The number of methoxy groups -OCH3 is 1. The molecule has 0 radical (unpaired) electrons. The molecule has 2 aromatic rings. The highest BCUT2D eigenvalue weighted by Crippen LogP contribution is 2.35. The van der Waals surface area contributed by atoms with Crippen molar-refractivity contribution in [2.45, 2.75) is 18.6 Å². The van der Waals surface area contributed by atoms with Crippen molar-refractivity contribution in [2.75, 3.05) is 12.0 Å². The van der Waals surface area contributed by atoms with E-state index >= 15 is 0 Å². The van der Waals surface area contributed by atoms with Crippen LogP contribution >= 0.6 is 11.8 Å². The topological polar surface area (TPSA) is 118 Å². The summed E-state index contributed by atoms with van der Waals surface area (Å²) in [6.07, 6.45) is 0.0123. The molecule has 29 heavy (non-hydrogen) atoms. The number of para-hydroxylation sites is 2. The smallest absolute Gasteiger partial charge is 0.248 e. The Balaban J connectivity index is 1.72. The lowest BCUT2D eigenvalue weighted by molar-refractivity contribution is -0.121. The van der Waals surface area contributed by atoms with Gasteiger partial charge in [-0.15, -0.1) is 5.10 Å². The number of rotatable bonds is 5. The second kappa shape index (κ2) is 8.78. The van der Waals surface area contributed by atoms with Crippen LogP contribution in [0.3, 0.4) is 0 Å². The van der Waals surface area contributed by atoms with Gasteiger partial charge in [0.25, 0.3) is 0 Å². The number of anilines is 1. The van der Waals surface area contributed by atoms with Crippen LogP contribution in [0.2, 0.25) is 0 Å². The molecular weight excluding hydrogens is 392 g/mol. The number of phenolic OH excluding ortho intramolecular Hbond substituents is 1. The van der Waals surface area contributed by atoms with Gasteiger partial charge >= 0.3 is 0 Å². The fraction of sp³-hybridized carbons (Fsp3) is 0.200. The molecule has 1 heterocycles. The van der Waals surface area contributed by atoms with Crippen LogP contribution in [0.25, 0.3) is 0 Å². The number of carbonyl (C=O) groups excluding carboxylic acids is 2. The Labute approximate surface area is 172 Å². The van der Waals surface area contributed by atoms with Gasteiger partial charge in [-0.05, 0) is 48.9 Å². The minimum absolute atomic E-state index is 0.0123. The molecular formula is C20H20N4O4S. The summed E-state index contributed by atoms with van der Waals surface area (Å²) in [5.41, 5.74) is 7.69. The largest absolute Gasteiger partial charge is 0.508 e. The Morgan fingerprint density at radius 3 is 2.55 bits per heavy atom. The number of carbonyl (C=O) groups is 2. The standard InChI is InChI=1S/C20H20N4O4S/c1-12(13-7-9-14(25)10-8-13)22-23-20(21)29-17-11-18(26)24(19(17)27)15-5-3-4-6-16(15)28-2/h3-10,17,25H,11H2,1-2H3,(H2,21,23). The van der Waals surface area contributed by atoms with Crippen molar-refractivity contribution in [3.63, 3.8) is 0 Å². The first-order chi connectivity index (χ1) is 13.9. The molecule has 0 saturated carbocycles. The third-order valence-electron chi connectivity index (χ3n) is 4.28. The summed E-state index contributed by atoms with van der Waals surface area (Å²) in [4.78, 5) is 26.3. The van der Waals surface area contributed by atoms with E-state index in [1.165, 1.54) is 7.11 Å². The molecule has 2 amide bonds. The van der Waals surface area contributed by atoms with E-state index in [0.717, 1.165) is 22.2 Å². The molecule has 3 rings (SSSR count). The van der Waals surface area contributed by atoms with Crippen LogP contribution in [0.4, 0.5) is 5.69 Å². The molecule has 9 heteroatoms. The maximum absolute atomic E-state index is 12.8. The van der Waals surface area contributed by atoms with Crippen LogP contribution < -0.4 is 15.4 Å². The van der Waals surface area contributed by atoms with Crippen LogP contribution in [-0.2, 0) is 9.59 Å². The molecule has 2 aromatic carbocycles.